The van der Waals surface area contributed by atoms with Crippen molar-refractivity contribution in [2.24, 2.45) is 0 Å². The van der Waals surface area contributed by atoms with Gasteiger partial charge in [0.25, 0.3) is 0 Å². The fourth-order valence-corrected chi connectivity index (χ4v) is 1.04. The molecule has 0 aliphatic heterocycles. The normalized spacial score (nSPS) is 11.0. The predicted molar refractivity (Wildman–Crippen MR) is 50.4 cm³/mol. The molecule has 0 spiro atoms. The first-order chi connectivity index (χ1) is 6.09. The summed E-state index contributed by atoms with van der Waals surface area (Å²) in [6.45, 7) is 0. The summed E-state index contributed by atoms with van der Waals surface area (Å²) in [6, 6.07) is 8.76. The van der Waals surface area contributed by atoms with E-state index in [2.05, 4.69) is 0 Å². The number of hydroxylamine groups is 1. The molecule has 0 saturated heterocycles. The van der Waals surface area contributed by atoms with Crippen LogP contribution in [0.4, 0.5) is 10.5 Å². The molecule has 4 nitrogen and oxygen atoms in total. The minimum absolute atomic E-state index is 0.0304. The van der Waals surface area contributed by atoms with Crippen LogP contribution in [0, 0.1) is 0 Å². The Hall–Kier alpha value is -1.39. The zero-order valence-electron chi connectivity index (χ0n) is 7.69. The maximum absolute atomic E-state index is 11.2. The summed E-state index contributed by atoms with van der Waals surface area (Å²) in [7, 11) is 3.39. The minimum atomic E-state index is -0.466. The molecule has 0 atom stereocenters. The Morgan fingerprint density at radius 1 is 1.31 bits per heavy atom. The Bertz CT molecular complexity index is 296. The standard InChI is InChI=1S/C9H12N2O2/c1-11(2,9(12)10-13)8-6-4-3-5-7-8/h3-7H,1-2H3,(H-,10,12,13)/p+1. The average Bonchev–Trinajstić information content (AvgIpc) is 2.18. The van der Waals surface area contributed by atoms with Gasteiger partial charge in [-0.25, -0.2) is 9.28 Å². The van der Waals surface area contributed by atoms with Crippen LogP contribution in [0.1, 0.15) is 0 Å². The highest BCUT2D eigenvalue weighted by atomic mass is 16.5. The molecular formula is C9H13N2O2+. The minimum Gasteiger partial charge on any atom is -0.284 e. The van der Waals surface area contributed by atoms with Crippen LogP contribution in [-0.4, -0.2) is 25.3 Å². The molecule has 4 heteroatoms. The molecule has 2 N–H and O–H groups in total. The lowest BCUT2D eigenvalue weighted by atomic mass is 10.3. The number of nitrogens with one attached hydrogen (secondary N) is 1. The van der Waals surface area contributed by atoms with E-state index in [0.717, 1.165) is 5.69 Å². The van der Waals surface area contributed by atoms with Gasteiger partial charge >= 0.3 is 6.03 Å². The first-order valence-corrected chi connectivity index (χ1v) is 3.93. The van der Waals surface area contributed by atoms with Crippen LogP contribution in [0.5, 0.6) is 0 Å². The molecule has 70 valence electrons. The molecule has 0 heterocycles. The number of benzene rings is 1. The summed E-state index contributed by atoms with van der Waals surface area (Å²) >= 11 is 0. The van der Waals surface area contributed by atoms with E-state index in [4.69, 9.17) is 5.21 Å². The molecule has 1 aromatic carbocycles. The molecule has 0 bridgehead atoms. The average molecular weight is 181 g/mol. The Morgan fingerprint density at radius 3 is 2.31 bits per heavy atom. The van der Waals surface area contributed by atoms with E-state index in [9.17, 15) is 4.79 Å². The van der Waals surface area contributed by atoms with Crippen LogP contribution in [0.3, 0.4) is 0 Å². The van der Waals surface area contributed by atoms with Crippen LogP contribution in [0.25, 0.3) is 0 Å². The largest absolute Gasteiger partial charge is 0.444 e. The molecule has 0 aliphatic rings. The fraction of sp³-hybridized carbons (Fsp3) is 0.222. The van der Waals surface area contributed by atoms with Gasteiger partial charge in [0.2, 0.25) is 0 Å². The summed E-state index contributed by atoms with van der Waals surface area (Å²) in [4.78, 5) is 11.2. The van der Waals surface area contributed by atoms with Crippen LogP contribution >= 0.6 is 0 Å². The monoisotopic (exact) mass is 181 g/mol. The molecule has 0 fully saturated rings. The van der Waals surface area contributed by atoms with Crippen molar-refractivity contribution in [3.63, 3.8) is 0 Å². The number of carbonyl (C=O) groups is 1. The van der Waals surface area contributed by atoms with Gasteiger partial charge in [-0.2, -0.15) is 5.48 Å². The second-order valence-electron chi connectivity index (χ2n) is 3.21. The summed E-state index contributed by atoms with van der Waals surface area (Å²) in [5.74, 6) is 0. The molecule has 0 aliphatic carbocycles. The quantitative estimate of drug-likeness (QED) is 0.390. The van der Waals surface area contributed by atoms with Crippen molar-refractivity contribution in [2.45, 2.75) is 0 Å². The van der Waals surface area contributed by atoms with Crippen molar-refractivity contribution in [3.8, 4) is 0 Å². The Balaban J connectivity index is 3.00. The predicted octanol–water partition coefficient (Wildman–Crippen LogP) is 1.35. The summed E-state index contributed by atoms with van der Waals surface area (Å²) < 4.78 is -0.0304. The number of hydrogen-bond acceptors (Lipinski definition) is 2. The van der Waals surface area contributed by atoms with Crippen molar-refractivity contribution in [2.75, 3.05) is 14.1 Å². The smallest absolute Gasteiger partial charge is 0.284 e. The van der Waals surface area contributed by atoms with Crippen molar-refractivity contribution < 1.29 is 10.0 Å². The topological polar surface area (TPSA) is 49.3 Å². The van der Waals surface area contributed by atoms with Crippen LogP contribution in [0.15, 0.2) is 30.3 Å². The Kier molecular flexibility index (Phi) is 2.65. The maximum atomic E-state index is 11.2. The van der Waals surface area contributed by atoms with E-state index in [0.29, 0.717) is 0 Å². The van der Waals surface area contributed by atoms with Gasteiger partial charge in [0.05, 0.1) is 14.1 Å². The van der Waals surface area contributed by atoms with Gasteiger partial charge in [-0.15, -0.1) is 0 Å². The SMILES string of the molecule is C[N+](C)(C(=O)NO)c1ccccc1. The lowest BCUT2D eigenvalue weighted by Crippen LogP contribution is -2.51. The number of amides is 2. The molecule has 13 heavy (non-hydrogen) atoms. The molecular weight excluding hydrogens is 168 g/mol. The molecule has 1 aromatic rings. The van der Waals surface area contributed by atoms with E-state index in [1.165, 1.54) is 0 Å². The third kappa shape index (κ3) is 1.85. The van der Waals surface area contributed by atoms with Crippen molar-refractivity contribution >= 4 is 11.7 Å². The van der Waals surface area contributed by atoms with Crippen LogP contribution in [-0.2, 0) is 0 Å². The van der Waals surface area contributed by atoms with E-state index in [-0.39, 0.29) is 4.48 Å². The van der Waals surface area contributed by atoms with Gasteiger partial charge < -0.3 is 0 Å². The third-order valence-corrected chi connectivity index (χ3v) is 2.01. The zero-order chi connectivity index (χ0) is 9.90. The number of urea groups is 1. The number of rotatable bonds is 1. The van der Waals surface area contributed by atoms with Gasteiger partial charge in [0.1, 0.15) is 5.69 Å². The molecule has 0 unspecified atom stereocenters. The highest BCUT2D eigenvalue weighted by molar-refractivity contribution is 5.85. The third-order valence-electron chi connectivity index (χ3n) is 2.01. The Labute approximate surface area is 77.0 Å². The first kappa shape index (κ1) is 9.70. The Morgan fingerprint density at radius 2 is 1.85 bits per heavy atom. The highest BCUT2D eigenvalue weighted by Crippen LogP contribution is 2.17. The molecule has 1 rings (SSSR count). The number of carbonyl (C=O) groups excluding carboxylic acids is 1. The van der Waals surface area contributed by atoms with Gasteiger partial charge in [0.15, 0.2) is 0 Å². The number of nitrogens with zero attached hydrogens (tertiary/aromatic N) is 1. The first-order valence-electron chi connectivity index (χ1n) is 3.93. The fourth-order valence-electron chi connectivity index (χ4n) is 1.04. The van der Waals surface area contributed by atoms with E-state index >= 15 is 0 Å². The van der Waals surface area contributed by atoms with Crippen molar-refractivity contribution in [3.05, 3.63) is 30.3 Å². The molecule has 0 radical (unpaired) electrons. The van der Waals surface area contributed by atoms with Crippen molar-refractivity contribution in [1.29, 1.82) is 0 Å². The van der Waals surface area contributed by atoms with Gasteiger partial charge in [0, 0.05) is 0 Å². The summed E-state index contributed by atoms with van der Waals surface area (Å²) in [5.41, 5.74) is 2.45. The lowest BCUT2D eigenvalue weighted by Gasteiger charge is -2.24. The molecule has 0 saturated carbocycles. The molecule has 2 amide bonds. The van der Waals surface area contributed by atoms with Crippen LogP contribution in [0.2, 0.25) is 0 Å². The second kappa shape index (κ2) is 3.55. The van der Waals surface area contributed by atoms with E-state index in [1.807, 2.05) is 30.3 Å². The van der Waals surface area contributed by atoms with Gasteiger partial charge in [-0.05, 0) is 12.1 Å². The van der Waals surface area contributed by atoms with Gasteiger partial charge in [-0.1, -0.05) is 18.2 Å². The summed E-state index contributed by atoms with van der Waals surface area (Å²) in [5, 5.41) is 8.52. The lowest BCUT2D eigenvalue weighted by molar-refractivity contribution is 0.142. The maximum Gasteiger partial charge on any atom is 0.444 e. The number of hydrogen-bond donors (Lipinski definition) is 2. The molecule has 0 aromatic heterocycles. The summed E-state index contributed by atoms with van der Waals surface area (Å²) in [6.07, 6.45) is 0. The number of quaternary nitrogens is 1. The zero-order valence-corrected chi connectivity index (χ0v) is 7.69. The van der Waals surface area contributed by atoms with E-state index < -0.39 is 6.03 Å². The highest BCUT2D eigenvalue weighted by Gasteiger charge is 2.28. The van der Waals surface area contributed by atoms with E-state index in [1.54, 1.807) is 19.6 Å². The van der Waals surface area contributed by atoms with Crippen molar-refractivity contribution in [1.82, 2.24) is 9.96 Å². The second-order valence-corrected chi connectivity index (χ2v) is 3.21. The van der Waals surface area contributed by atoms with Crippen LogP contribution < -0.4 is 9.96 Å². The van der Waals surface area contributed by atoms with Gasteiger partial charge in [-0.3, -0.25) is 5.21 Å². The number of para-hydroxylation sites is 1.